The van der Waals surface area contributed by atoms with Crippen molar-refractivity contribution in [3.63, 3.8) is 0 Å². The SMILES string of the molecule is CC1(C)[C@@]2(C)CC[C@]1(C(=O)N1CCC3(CCN(S(=O)(=O)c4cccs4)CC3)C1)OC2=O. The van der Waals surface area contributed by atoms with Gasteiger partial charge in [-0.3, -0.25) is 9.59 Å². The van der Waals surface area contributed by atoms with Crippen molar-refractivity contribution in [2.75, 3.05) is 26.2 Å². The number of nitrogens with zero attached hydrogens (tertiary/aromatic N) is 2. The molecule has 1 aromatic heterocycles. The second-order valence-corrected chi connectivity index (χ2v) is 13.6. The molecule has 1 amide bonds. The van der Waals surface area contributed by atoms with Crippen molar-refractivity contribution in [1.82, 2.24) is 9.21 Å². The van der Waals surface area contributed by atoms with E-state index >= 15 is 0 Å². The van der Waals surface area contributed by atoms with Gasteiger partial charge in [0.15, 0.2) is 5.60 Å². The first-order valence-electron chi connectivity index (χ1n) is 11.0. The number of hydrogen-bond donors (Lipinski definition) is 0. The van der Waals surface area contributed by atoms with Gasteiger partial charge in [0.1, 0.15) is 4.21 Å². The molecular formula is C22H30N2O5S2. The van der Waals surface area contributed by atoms with Gasteiger partial charge in [-0.2, -0.15) is 4.31 Å². The summed E-state index contributed by atoms with van der Waals surface area (Å²) in [5.74, 6) is -0.310. The largest absolute Gasteiger partial charge is 0.448 e. The second-order valence-electron chi connectivity index (χ2n) is 10.5. The molecule has 1 spiro atoms. The van der Waals surface area contributed by atoms with Crippen LogP contribution in [0.5, 0.6) is 0 Å². The van der Waals surface area contributed by atoms with Crippen molar-refractivity contribution in [1.29, 1.82) is 0 Å². The fourth-order valence-corrected chi connectivity index (χ4v) is 8.82. The highest BCUT2D eigenvalue weighted by atomic mass is 32.2. The number of rotatable bonds is 3. The van der Waals surface area contributed by atoms with Crippen LogP contribution in [0.1, 0.15) is 52.9 Å². The number of sulfonamides is 1. The van der Waals surface area contributed by atoms with Gasteiger partial charge in [0.05, 0.1) is 5.41 Å². The zero-order chi connectivity index (χ0) is 22.3. The van der Waals surface area contributed by atoms with Crippen molar-refractivity contribution in [2.45, 2.75) is 62.7 Å². The van der Waals surface area contributed by atoms with Gasteiger partial charge in [-0.25, -0.2) is 8.42 Å². The lowest BCUT2D eigenvalue weighted by Gasteiger charge is -2.40. The second kappa shape index (κ2) is 6.54. The molecule has 0 radical (unpaired) electrons. The van der Waals surface area contributed by atoms with E-state index < -0.39 is 26.5 Å². The molecule has 0 unspecified atom stereocenters. The molecule has 3 saturated heterocycles. The molecule has 3 aliphatic heterocycles. The molecule has 1 aromatic rings. The van der Waals surface area contributed by atoms with Crippen LogP contribution in [-0.2, 0) is 24.3 Å². The van der Waals surface area contributed by atoms with Gasteiger partial charge in [-0.1, -0.05) is 19.9 Å². The van der Waals surface area contributed by atoms with Gasteiger partial charge in [-0.05, 0) is 55.9 Å². The smallest absolute Gasteiger partial charge is 0.313 e. The summed E-state index contributed by atoms with van der Waals surface area (Å²) < 4.78 is 33.5. The number of fused-ring (bicyclic) bond motifs is 2. The predicted octanol–water partition coefficient (Wildman–Crippen LogP) is 2.87. The normalized spacial score (nSPS) is 34.4. The molecule has 5 rings (SSSR count). The predicted molar refractivity (Wildman–Crippen MR) is 116 cm³/mol. The minimum absolute atomic E-state index is 0.0531. The van der Waals surface area contributed by atoms with Crippen molar-refractivity contribution >= 4 is 33.2 Å². The minimum atomic E-state index is -3.43. The van der Waals surface area contributed by atoms with Crippen LogP contribution in [0.3, 0.4) is 0 Å². The molecule has 4 heterocycles. The average Bonchev–Trinajstić information content (AvgIpc) is 3.46. The Hall–Kier alpha value is -1.45. The standard InChI is InChI=1S/C22H30N2O5S2/c1-19(2)20(3)6-7-22(19,29-18(20)26)17(25)23-11-8-21(15-23)9-12-24(13-10-21)31(27,28)16-5-4-14-30-16/h4-5,14H,6-13,15H2,1-3H3/t20-,22+/m0/s1. The fraction of sp³-hybridized carbons (Fsp3) is 0.727. The van der Waals surface area contributed by atoms with Gasteiger partial charge >= 0.3 is 5.97 Å². The Morgan fingerprint density at radius 2 is 1.74 bits per heavy atom. The van der Waals surface area contributed by atoms with Crippen molar-refractivity contribution < 1.29 is 22.7 Å². The Labute approximate surface area is 187 Å². The molecule has 4 aliphatic rings. The fourth-order valence-electron chi connectivity index (χ4n) is 6.23. The van der Waals surface area contributed by atoms with Crippen molar-refractivity contribution in [3.8, 4) is 0 Å². The molecule has 1 aliphatic carbocycles. The maximum atomic E-state index is 13.7. The highest BCUT2D eigenvalue weighted by molar-refractivity contribution is 7.91. The number of amides is 1. The van der Waals surface area contributed by atoms with Crippen LogP contribution < -0.4 is 0 Å². The number of thiophene rings is 1. The number of esters is 1. The molecule has 0 aromatic carbocycles. The first-order valence-corrected chi connectivity index (χ1v) is 13.4. The van der Waals surface area contributed by atoms with E-state index in [0.717, 1.165) is 19.3 Å². The number of carbonyl (C=O) groups excluding carboxylic acids is 2. The van der Waals surface area contributed by atoms with Gasteiger partial charge in [0.2, 0.25) is 0 Å². The molecule has 2 atom stereocenters. The topological polar surface area (TPSA) is 84.0 Å². The molecule has 1 saturated carbocycles. The summed E-state index contributed by atoms with van der Waals surface area (Å²) in [6.45, 7) is 8.11. The molecule has 170 valence electrons. The lowest BCUT2D eigenvalue weighted by Crippen LogP contribution is -2.55. The quantitative estimate of drug-likeness (QED) is 0.640. The number of ether oxygens (including phenoxy) is 1. The highest BCUT2D eigenvalue weighted by Gasteiger charge is 2.76. The van der Waals surface area contributed by atoms with E-state index in [4.69, 9.17) is 4.74 Å². The molecular weight excluding hydrogens is 436 g/mol. The highest BCUT2D eigenvalue weighted by Crippen LogP contribution is 2.66. The van der Waals surface area contributed by atoms with Gasteiger partial charge in [-0.15, -0.1) is 11.3 Å². The zero-order valence-electron chi connectivity index (χ0n) is 18.3. The van der Waals surface area contributed by atoms with Crippen LogP contribution in [0.2, 0.25) is 0 Å². The first kappa shape index (κ1) is 21.4. The van der Waals surface area contributed by atoms with E-state index in [-0.39, 0.29) is 17.3 Å². The molecule has 7 nitrogen and oxygen atoms in total. The van der Waals surface area contributed by atoms with E-state index in [1.165, 1.54) is 11.3 Å². The Kier molecular flexibility index (Phi) is 4.52. The molecule has 31 heavy (non-hydrogen) atoms. The van der Waals surface area contributed by atoms with Crippen LogP contribution in [0.15, 0.2) is 21.7 Å². The van der Waals surface area contributed by atoms with E-state index in [9.17, 15) is 18.0 Å². The first-order chi connectivity index (χ1) is 14.5. The Morgan fingerprint density at radius 1 is 1.06 bits per heavy atom. The third-order valence-corrected chi connectivity index (χ3v) is 12.3. The van der Waals surface area contributed by atoms with Crippen molar-refractivity contribution in [2.24, 2.45) is 16.2 Å². The van der Waals surface area contributed by atoms with Crippen LogP contribution in [0.4, 0.5) is 0 Å². The number of likely N-dealkylation sites (tertiary alicyclic amines) is 1. The third kappa shape index (κ3) is 2.69. The zero-order valence-corrected chi connectivity index (χ0v) is 20.0. The third-order valence-electron chi connectivity index (χ3n) is 9.03. The summed E-state index contributed by atoms with van der Waals surface area (Å²) in [6, 6.07) is 3.41. The number of hydrogen-bond acceptors (Lipinski definition) is 6. The van der Waals surface area contributed by atoms with E-state index in [1.54, 1.807) is 21.8 Å². The minimum Gasteiger partial charge on any atom is -0.448 e. The Bertz CT molecular complexity index is 1030. The van der Waals surface area contributed by atoms with Crippen LogP contribution in [-0.4, -0.2) is 61.3 Å². The van der Waals surface area contributed by atoms with Crippen molar-refractivity contribution in [3.05, 3.63) is 17.5 Å². The van der Waals surface area contributed by atoms with Crippen LogP contribution >= 0.6 is 11.3 Å². The summed E-state index contributed by atoms with van der Waals surface area (Å²) in [6.07, 6.45) is 3.62. The average molecular weight is 467 g/mol. The molecule has 2 bridgehead atoms. The summed E-state index contributed by atoms with van der Waals surface area (Å²) in [4.78, 5) is 28.1. The molecule has 9 heteroatoms. The lowest BCUT2D eigenvalue weighted by molar-refractivity contribution is -0.173. The number of piperidine rings is 1. The number of carbonyl (C=O) groups is 2. The maximum Gasteiger partial charge on any atom is 0.313 e. The summed E-state index contributed by atoms with van der Waals surface area (Å²) in [5, 5.41) is 1.78. The van der Waals surface area contributed by atoms with E-state index in [2.05, 4.69) is 0 Å². The Balaban J connectivity index is 1.29. The van der Waals surface area contributed by atoms with Crippen LogP contribution in [0, 0.1) is 16.2 Å². The van der Waals surface area contributed by atoms with Gasteiger partial charge < -0.3 is 9.64 Å². The lowest BCUT2D eigenvalue weighted by atomic mass is 9.66. The maximum absolute atomic E-state index is 13.7. The molecule has 0 N–H and O–H groups in total. The van der Waals surface area contributed by atoms with Gasteiger partial charge in [0, 0.05) is 31.6 Å². The Morgan fingerprint density at radius 3 is 2.29 bits per heavy atom. The summed E-state index contributed by atoms with van der Waals surface area (Å²) >= 11 is 1.25. The summed E-state index contributed by atoms with van der Waals surface area (Å²) in [5.41, 5.74) is -2.26. The molecule has 4 fully saturated rings. The van der Waals surface area contributed by atoms with Gasteiger partial charge in [0.25, 0.3) is 15.9 Å². The van der Waals surface area contributed by atoms with E-state index in [1.807, 2.05) is 25.7 Å². The summed E-state index contributed by atoms with van der Waals surface area (Å²) in [7, 11) is -3.43. The van der Waals surface area contributed by atoms with E-state index in [0.29, 0.717) is 43.2 Å². The van der Waals surface area contributed by atoms with Crippen LogP contribution in [0.25, 0.3) is 0 Å². The monoisotopic (exact) mass is 466 g/mol.